The van der Waals surface area contributed by atoms with Crippen molar-refractivity contribution in [2.45, 2.75) is 40.0 Å². The van der Waals surface area contributed by atoms with Gasteiger partial charge in [-0.15, -0.1) is 0 Å². The zero-order valence-electron chi connectivity index (χ0n) is 32.3. The SMILES string of the molecule is CCC(C)c1ccccc1.Cc1ccc(-c2ccccc2)cc1-c1cc(-c2ccc3c(c2)oc2c3ccc3c4ccc(-c5ccccc5)cc4oc32)ccc1C. The maximum atomic E-state index is 6.60. The van der Waals surface area contributed by atoms with E-state index in [4.69, 9.17) is 8.83 Å². The fraction of sp³-hybridized carbons (Fsp3) is 0.111. The topological polar surface area (TPSA) is 26.3 Å². The van der Waals surface area contributed by atoms with Crippen LogP contribution in [0.2, 0.25) is 0 Å². The van der Waals surface area contributed by atoms with Crippen LogP contribution in [-0.2, 0) is 0 Å². The Kier molecular flexibility index (Phi) is 9.33. The van der Waals surface area contributed by atoms with E-state index in [-0.39, 0.29) is 0 Å². The summed E-state index contributed by atoms with van der Waals surface area (Å²) in [5.74, 6) is 0.709. The monoisotopic (exact) mass is 724 g/mol. The average Bonchev–Trinajstić information content (AvgIpc) is 3.83. The molecule has 0 saturated heterocycles. The average molecular weight is 725 g/mol. The lowest BCUT2D eigenvalue weighted by atomic mass is 9.90. The van der Waals surface area contributed by atoms with Crippen molar-refractivity contribution in [2.75, 3.05) is 0 Å². The summed E-state index contributed by atoms with van der Waals surface area (Å²) >= 11 is 0. The van der Waals surface area contributed by atoms with Crippen LogP contribution in [0, 0.1) is 13.8 Å². The largest absolute Gasteiger partial charge is 0.452 e. The van der Waals surface area contributed by atoms with Gasteiger partial charge in [0.25, 0.3) is 0 Å². The van der Waals surface area contributed by atoms with Crippen molar-refractivity contribution < 1.29 is 8.83 Å². The van der Waals surface area contributed by atoms with E-state index in [2.05, 4.69) is 198 Å². The standard InChI is InChI=1S/C44H30O2.C10H14/c1-27-13-15-31(29-9-5-3-6-10-29)23-39(27)40-24-32(16-14-28(40)2)34-18-20-36-38-22-21-37-35-19-17-33(30-11-7-4-8-12-30)25-41(35)45-43(37)44(38)46-42(36)26-34;1-3-9(2)10-7-5-4-6-8-10/h3-26H,1-2H3;4-9H,3H2,1-2H3. The fourth-order valence-corrected chi connectivity index (χ4v) is 7.89. The minimum absolute atomic E-state index is 0.709. The van der Waals surface area contributed by atoms with Gasteiger partial charge in [-0.3, -0.25) is 0 Å². The molecular weight excluding hydrogens is 681 g/mol. The van der Waals surface area contributed by atoms with Crippen molar-refractivity contribution in [3.8, 4) is 44.5 Å². The molecule has 56 heavy (non-hydrogen) atoms. The predicted molar refractivity (Wildman–Crippen MR) is 237 cm³/mol. The molecule has 10 rings (SSSR count). The molecule has 1 unspecified atom stereocenters. The zero-order chi connectivity index (χ0) is 38.2. The van der Waals surface area contributed by atoms with Crippen molar-refractivity contribution in [3.63, 3.8) is 0 Å². The van der Waals surface area contributed by atoms with Crippen LogP contribution in [0.15, 0.2) is 185 Å². The molecule has 272 valence electrons. The Hall–Kier alpha value is -6.64. The van der Waals surface area contributed by atoms with E-state index in [0.717, 1.165) is 60.6 Å². The molecule has 0 aliphatic rings. The van der Waals surface area contributed by atoms with Crippen molar-refractivity contribution in [2.24, 2.45) is 0 Å². The van der Waals surface area contributed by atoms with Crippen LogP contribution in [0.25, 0.3) is 88.4 Å². The summed E-state index contributed by atoms with van der Waals surface area (Å²) in [4.78, 5) is 0. The van der Waals surface area contributed by atoms with Crippen LogP contribution >= 0.6 is 0 Å². The normalized spacial score (nSPS) is 11.9. The minimum Gasteiger partial charge on any atom is -0.452 e. The number of fused-ring (bicyclic) bond motifs is 7. The molecule has 0 fully saturated rings. The number of furan rings is 2. The van der Waals surface area contributed by atoms with Crippen LogP contribution in [0.5, 0.6) is 0 Å². The molecule has 2 heteroatoms. The highest BCUT2D eigenvalue weighted by molar-refractivity contribution is 6.19. The van der Waals surface area contributed by atoms with Crippen molar-refractivity contribution >= 4 is 43.9 Å². The first-order valence-electron chi connectivity index (χ1n) is 19.6. The summed E-state index contributed by atoms with van der Waals surface area (Å²) in [5, 5.41) is 4.31. The van der Waals surface area contributed by atoms with Gasteiger partial charge in [0.1, 0.15) is 11.2 Å². The lowest BCUT2D eigenvalue weighted by molar-refractivity contribution is 0.633. The van der Waals surface area contributed by atoms with E-state index in [0.29, 0.717) is 5.92 Å². The van der Waals surface area contributed by atoms with Crippen molar-refractivity contribution in [1.29, 1.82) is 0 Å². The van der Waals surface area contributed by atoms with E-state index in [1.54, 1.807) is 0 Å². The fourth-order valence-electron chi connectivity index (χ4n) is 7.89. The first kappa shape index (κ1) is 35.1. The Bertz CT molecular complexity index is 2970. The highest BCUT2D eigenvalue weighted by Gasteiger charge is 2.18. The van der Waals surface area contributed by atoms with E-state index >= 15 is 0 Å². The Morgan fingerprint density at radius 1 is 0.393 bits per heavy atom. The Morgan fingerprint density at radius 2 is 0.768 bits per heavy atom. The molecule has 2 heterocycles. The van der Waals surface area contributed by atoms with Gasteiger partial charge in [0, 0.05) is 21.5 Å². The van der Waals surface area contributed by atoms with Gasteiger partial charge in [-0.05, 0) is 136 Å². The number of rotatable bonds is 6. The maximum Gasteiger partial charge on any atom is 0.178 e. The third kappa shape index (κ3) is 6.58. The van der Waals surface area contributed by atoms with Gasteiger partial charge in [0.2, 0.25) is 0 Å². The van der Waals surface area contributed by atoms with Gasteiger partial charge in [-0.1, -0.05) is 141 Å². The van der Waals surface area contributed by atoms with E-state index in [1.165, 1.54) is 50.9 Å². The van der Waals surface area contributed by atoms with E-state index < -0.39 is 0 Å². The third-order valence-corrected chi connectivity index (χ3v) is 11.4. The first-order valence-corrected chi connectivity index (χ1v) is 19.6. The molecule has 0 aliphatic heterocycles. The van der Waals surface area contributed by atoms with Crippen molar-refractivity contribution in [1.82, 2.24) is 0 Å². The number of aryl methyl sites for hydroxylation is 2. The Balaban J connectivity index is 0.000000360. The van der Waals surface area contributed by atoms with E-state index in [1.807, 2.05) is 6.07 Å². The number of benzene rings is 8. The molecule has 0 aliphatic carbocycles. The minimum atomic E-state index is 0.709. The quantitative estimate of drug-likeness (QED) is 0.171. The summed E-state index contributed by atoms with van der Waals surface area (Å²) < 4.78 is 13.1. The molecule has 0 spiro atoms. The summed E-state index contributed by atoms with van der Waals surface area (Å²) in [5.41, 5.74) is 16.8. The molecule has 2 nitrogen and oxygen atoms in total. The van der Waals surface area contributed by atoms with Crippen molar-refractivity contribution in [3.05, 3.63) is 193 Å². The molecule has 10 aromatic rings. The van der Waals surface area contributed by atoms with Gasteiger partial charge < -0.3 is 8.83 Å². The Labute approximate surface area is 328 Å². The highest BCUT2D eigenvalue weighted by Crippen LogP contribution is 2.41. The predicted octanol–water partition coefficient (Wildman–Crippen LogP) is 16.0. The second kappa shape index (κ2) is 14.9. The van der Waals surface area contributed by atoms with Crippen LogP contribution in [0.4, 0.5) is 0 Å². The summed E-state index contributed by atoms with van der Waals surface area (Å²) in [6.45, 7) is 8.86. The highest BCUT2D eigenvalue weighted by atomic mass is 16.4. The molecular formula is C54H44O2. The molecule has 8 aromatic carbocycles. The molecule has 0 radical (unpaired) electrons. The summed E-state index contributed by atoms with van der Waals surface area (Å²) in [7, 11) is 0. The zero-order valence-corrected chi connectivity index (χ0v) is 32.3. The van der Waals surface area contributed by atoms with Crippen LogP contribution in [0.3, 0.4) is 0 Å². The van der Waals surface area contributed by atoms with Gasteiger partial charge >= 0.3 is 0 Å². The van der Waals surface area contributed by atoms with Gasteiger partial charge in [0.05, 0.1) is 0 Å². The molecule has 0 saturated carbocycles. The lowest BCUT2D eigenvalue weighted by Crippen LogP contribution is -1.90. The van der Waals surface area contributed by atoms with Gasteiger partial charge in [-0.25, -0.2) is 0 Å². The molecule has 1 atom stereocenters. The summed E-state index contributed by atoms with van der Waals surface area (Å²) in [6, 6.07) is 62.5. The second-order valence-electron chi connectivity index (χ2n) is 15.0. The van der Waals surface area contributed by atoms with Gasteiger partial charge in [0.15, 0.2) is 11.2 Å². The van der Waals surface area contributed by atoms with Gasteiger partial charge in [-0.2, -0.15) is 0 Å². The number of hydrogen-bond donors (Lipinski definition) is 0. The van der Waals surface area contributed by atoms with Crippen LogP contribution < -0.4 is 0 Å². The third-order valence-electron chi connectivity index (χ3n) is 11.4. The number of hydrogen-bond acceptors (Lipinski definition) is 2. The molecule has 0 N–H and O–H groups in total. The van der Waals surface area contributed by atoms with Crippen LogP contribution in [-0.4, -0.2) is 0 Å². The smallest absolute Gasteiger partial charge is 0.178 e. The van der Waals surface area contributed by atoms with E-state index in [9.17, 15) is 0 Å². The van der Waals surface area contributed by atoms with Crippen LogP contribution in [0.1, 0.15) is 42.9 Å². The summed E-state index contributed by atoms with van der Waals surface area (Å²) in [6.07, 6.45) is 1.23. The maximum absolute atomic E-state index is 6.60. The molecule has 0 amide bonds. The molecule has 0 bridgehead atoms. The molecule has 2 aromatic heterocycles. The first-order chi connectivity index (χ1) is 27.4. The Morgan fingerprint density at radius 3 is 1.23 bits per heavy atom. The lowest BCUT2D eigenvalue weighted by Gasteiger charge is -2.14. The second-order valence-corrected chi connectivity index (χ2v) is 15.0.